The number of ether oxygens (including phenoxy) is 1. The molecule has 1 amide bonds. The van der Waals surface area contributed by atoms with Gasteiger partial charge in [0, 0.05) is 25.4 Å². The van der Waals surface area contributed by atoms with Crippen LogP contribution in [0.5, 0.6) is 5.75 Å². The van der Waals surface area contributed by atoms with Crippen molar-refractivity contribution in [2.24, 2.45) is 0 Å². The molecular formula is C18H21N3O2. The number of hydrogen-bond donors (Lipinski definition) is 0. The van der Waals surface area contributed by atoms with Crippen molar-refractivity contribution in [2.75, 3.05) is 6.54 Å². The van der Waals surface area contributed by atoms with Crippen LogP contribution in [0, 0.1) is 0 Å². The molecule has 2 aromatic rings. The van der Waals surface area contributed by atoms with E-state index >= 15 is 0 Å². The van der Waals surface area contributed by atoms with Gasteiger partial charge in [-0.3, -0.25) is 9.48 Å². The summed E-state index contributed by atoms with van der Waals surface area (Å²) < 4.78 is 7.81. The summed E-state index contributed by atoms with van der Waals surface area (Å²) in [6, 6.07) is 10.1. The highest BCUT2D eigenvalue weighted by Gasteiger charge is 2.36. The lowest BCUT2D eigenvalue weighted by molar-refractivity contribution is -0.142. The third-order valence-corrected chi connectivity index (χ3v) is 4.79. The normalized spacial score (nSPS) is 23.4. The highest BCUT2D eigenvalue weighted by atomic mass is 16.5. The number of carbonyl (C=O) groups excluding carboxylic acids is 1. The minimum atomic E-state index is -0.370. The third-order valence-electron chi connectivity index (χ3n) is 4.79. The van der Waals surface area contributed by atoms with Crippen LogP contribution in [0.25, 0.3) is 0 Å². The average molecular weight is 311 g/mol. The van der Waals surface area contributed by atoms with Crippen LogP contribution < -0.4 is 4.74 Å². The molecule has 4 rings (SSSR count). The van der Waals surface area contributed by atoms with E-state index in [9.17, 15) is 4.79 Å². The lowest BCUT2D eigenvalue weighted by atomic mass is 10.0. The molecule has 0 bridgehead atoms. The van der Waals surface area contributed by atoms with Crippen LogP contribution in [0.15, 0.2) is 42.7 Å². The number of fused-ring (bicyclic) bond motifs is 1. The number of likely N-dealkylation sites (tertiary alicyclic amines) is 1. The number of rotatable bonds is 3. The molecular weight excluding hydrogens is 290 g/mol. The fourth-order valence-electron chi connectivity index (χ4n) is 3.61. The molecule has 2 aliphatic rings. The first-order valence-electron chi connectivity index (χ1n) is 8.34. The van der Waals surface area contributed by atoms with Crippen molar-refractivity contribution in [3.63, 3.8) is 0 Å². The van der Waals surface area contributed by atoms with Gasteiger partial charge in [0.05, 0.1) is 12.6 Å². The summed E-state index contributed by atoms with van der Waals surface area (Å²) in [4.78, 5) is 15.0. The maximum absolute atomic E-state index is 13.0. The molecule has 0 saturated carbocycles. The molecule has 120 valence electrons. The van der Waals surface area contributed by atoms with Gasteiger partial charge < -0.3 is 9.64 Å². The fraction of sp³-hybridized carbons (Fsp3) is 0.444. The van der Waals surface area contributed by atoms with E-state index in [1.54, 1.807) is 6.20 Å². The van der Waals surface area contributed by atoms with Crippen molar-refractivity contribution in [3.05, 3.63) is 48.3 Å². The van der Waals surface area contributed by atoms with Crippen LogP contribution >= 0.6 is 0 Å². The second-order valence-corrected chi connectivity index (χ2v) is 6.33. The molecule has 0 N–H and O–H groups in total. The topological polar surface area (TPSA) is 47.4 Å². The summed E-state index contributed by atoms with van der Waals surface area (Å²) in [5.41, 5.74) is 1.13. The van der Waals surface area contributed by atoms with Gasteiger partial charge in [0.15, 0.2) is 6.10 Å². The zero-order valence-corrected chi connectivity index (χ0v) is 13.1. The van der Waals surface area contributed by atoms with Gasteiger partial charge in [-0.05, 0) is 37.0 Å². The van der Waals surface area contributed by atoms with Crippen molar-refractivity contribution in [1.29, 1.82) is 0 Å². The summed E-state index contributed by atoms with van der Waals surface area (Å²) in [5.74, 6) is 0.976. The molecule has 2 atom stereocenters. The molecule has 23 heavy (non-hydrogen) atoms. The van der Waals surface area contributed by atoms with Crippen molar-refractivity contribution in [2.45, 2.75) is 44.4 Å². The molecule has 1 aromatic carbocycles. The van der Waals surface area contributed by atoms with Gasteiger partial charge in [0.2, 0.25) is 0 Å². The Morgan fingerprint density at radius 1 is 1.26 bits per heavy atom. The summed E-state index contributed by atoms with van der Waals surface area (Å²) in [6.45, 7) is 1.58. The zero-order chi connectivity index (χ0) is 15.6. The lowest BCUT2D eigenvalue weighted by Crippen LogP contribution is -2.50. The number of aromatic nitrogens is 2. The smallest absolute Gasteiger partial charge is 0.264 e. The van der Waals surface area contributed by atoms with Gasteiger partial charge >= 0.3 is 0 Å². The highest BCUT2D eigenvalue weighted by Crippen LogP contribution is 2.30. The van der Waals surface area contributed by atoms with Crippen LogP contribution in [0.4, 0.5) is 0 Å². The van der Waals surface area contributed by atoms with Crippen LogP contribution in [-0.4, -0.2) is 39.3 Å². The molecule has 1 fully saturated rings. The van der Waals surface area contributed by atoms with E-state index in [2.05, 4.69) is 5.10 Å². The Hall–Kier alpha value is -2.30. The first-order chi connectivity index (χ1) is 11.3. The third kappa shape index (κ3) is 2.83. The van der Waals surface area contributed by atoms with Crippen LogP contribution in [-0.2, 0) is 17.8 Å². The number of para-hydroxylation sites is 1. The number of carbonyl (C=O) groups is 1. The van der Waals surface area contributed by atoms with Crippen molar-refractivity contribution in [1.82, 2.24) is 14.7 Å². The maximum atomic E-state index is 13.0. The average Bonchev–Trinajstić information content (AvgIpc) is 3.23. The van der Waals surface area contributed by atoms with E-state index in [0.717, 1.165) is 37.2 Å². The summed E-state index contributed by atoms with van der Waals surface area (Å²) in [5, 5.41) is 4.28. The van der Waals surface area contributed by atoms with E-state index in [1.165, 1.54) is 6.42 Å². The monoisotopic (exact) mass is 311 g/mol. The zero-order valence-electron chi connectivity index (χ0n) is 13.1. The maximum Gasteiger partial charge on any atom is 0.264 e. The van der Waals surface area contributed by atoms with E-state index in [0.29, 0.717) is 6.42 Å². The number of hydrogen-bond acceptors (Lipinski definition) is 3. The molecule has 0 spiro atoms. The predicted octanol–water partition coefficient (Wildman–Crippen LogP) is 2.27. The lowest BCUT2D eigenvalue weighted by Gasteiger charge is -2.37. The summed E-state index contributed by atoms with van der Waals surface area (Å²) >= 11 is 0. The SMILES string of the molecule is O=C([C@@H]1Cc2ccccc2O1)N1CCCC[C@H]1Cn1cccn1. The first-order valence-corrected chi connectivity index (χ1v) is 8.34. The van der Waals surface area contributed by atoms with Crippen molar-refractivity contribution < 1.29 is 9.53 Å². The molecule has 2 aliphatic heterocycles. The molecule has 0 radical (unpaired) electrons. The molecule has 1 aromatic heterocycles. The quantitative estimate of drug-likeness (QED) is 0.873. The van der Waals surface area contributed by atoms with Gasteiger partial charge in [0.25, 0.3) is 5.91 Å². The molecule has 3 heterocycles. The first kappa shape index (κ1) is 14.3. The largest absolute Gasteiger partial charge is 0.480 e. The van der Waals surface area contributed by atoms with Crippen LogP contribution in [0.2, 0.25) is 0 Å². The van der Waals surface area contributed by atoms with E-state index in [1.807, 2.05) is 46.1 Å². The Morgan fingerprint density at radius 2 is 2.17 bits per heavy atom. The summed E-state index contributed by atoms with van der Waals surface area (Å²) in [6.07, 6.45) is 7.32. The number of benzene rings is 1. The number of piperidine rings is 1. The second kappa shape index (κ2) is 6.07. The van der Waals surface area contributed by atoms with E-state index in [-0.39, 0.29) is 18.1 Å². The predicted molar refractivity (Wildman–Crippen MR) is 86.1 cm³/mol. The van der Waals surface area contributed by atoms with Crippen LogP contribution in [0.1, 0.15) is 24.8 Å². The van der Waals surface area contributed by atoms with Gasteiger partial charge in [0.1, 0.15) is 5.75 Å². The van der Waals surface area contributed by atoms with Gasteiger partial charge in [-0.25, -0.2) is 0 Å². The Kier molecular flexibility index (Phi) is 3.77. The number of nitrogens with zero attached hydrogens (tertiary/aromatic N) is 3. The molecule has 5 heteroatoms. The van der Waals surface area contributed by atoms with Crippen molar-refractivity contribution in [3.8, 4) is 5.75 Å². The molecule has 0 aliphatic carbocycles. The van der Waals surface area contributed by atoms with Gasteiger partial charge in [-0.15, -0.1) is 0 Å². The Bertz CT molecular complexity index is 658. The Labute approximate surface area is 135 Å². The van der Waals surface area contributed by atoms with Crippen molar-refractivity contribution >= 4 is 5.91 Å². The van der Waals surface area contributed by atoms with Crippen LogP contribution in [0.3, 0.4) is 0 Å². The standard InChI is InChI=1S/C18H21N3O2/c22-18(17-12-14-6-1-2-8-16(14)23-17)21-11-4-3-7-15(21)13-20-10-5-9-19-20/h1-2,5-6,8-10,15,17H,3-4,7,11-13H2/t15-,17-/m0/s1. The Morgan fingerprint density at radius 3 is 3.00 bits per heavy atom. The fourth-order valence-corrected chi connectivity index (χ4v) is 3.61. The Balaban J connectivity index is 1.48. The number of amides is 1. The van der Waals surface area contributed by atoms with Gasteiger partial charge in [-0.1, -0.05) is 18.2 Å². The minimum absolute atomic E-state index is 0.123. The van der Waals surface area contributed by atoms with E-state index < -0.39 is 0 Å². The van der Waals surface area contributed by atoms with E-state index in [4.69, 9.17) is 4.74 Å². The molecule has 5 nitrogen and oxygen atoms in total. The second-order valence-electron chi connectivity index (χ2n) is 6.33. The minimum Gasteiger partial charge on any atom is -0.480 e. The summed E-state index contributed by atoms with van der Waals surface area (Å²) in [7, 11) is 0. The highest BCUT2D eigenvalue weighted by molar-refractivity contribution is 5.83. The molecule has 1 saturated heterocycles. The van der Waals surface area contributed by atoms with Gasteiger partial charge in [-0.2, -0.15) is 5.10 Å². The molecule has 0 unspecified atom stereocenters.